The standard InChI is InChI=1S/C14H18N2O/c1-17-13-4-2-3-12-14(13)10(7-8-15)9-16(12)11-5-6-11/h2-4,9,11H,5-8,15H2,1H3. The molecular formula is C14H18N2O. The minimum Gasteiger partial charge on any atom is -0.496 e. The largest absolute Gasteiger partial charge is 0.496 e. The molecule has 3 nitrogen and oxygen atoms in total. The first-order chi connectivity index (χ1) is 8.35. The Morgan fingerprint density at radius 3 is 2.88 bits per heavy atom. The number of hydrogen-bond donors (Lipinski definition) is 1. The van der Waals surface area contributed by atoms with Gasteiger partial charge in [0.25, 0.3) is 0 Å². The zero-order chi connectivity index (χ0) is 11.8. The highest BCUT2D eigenvalue weighted by atomic mass is 16.5. The average Bonchev–Trinajstić information content (AvgIpc) is 3.13. The lowest BCUT2D eigenvalue weighted by Gasteiger charge is -2.05. The van der Waals surface area contributed by atoms with Crippen molar-refractivity contribution in [3.05, 3.63) is 30.0 Å². The van der Waals surface area contributed by atoms with Gasteiger partial charge in [-0.3, -0.25) is 0 Å². The summed E-state index contributed by atoms with van der Waals surface area (Å²) in [4.78, 5) is 0. The monoisotopic (exact) mass is 230 g/mol. The molecule has 0 radical (unpaired) electrons. The van der Waals surface area contributed by atoms with E-state index in [0.29, 0.717) is 12.6 Å². The Balaban J connectivity index is 2.23. The lowest BCUT2D eigenvalue weighted by atomic mass is 10.1. The van der Waals surface area contributed by atoms with Crippen LogP contribution in [0.2, 0.25) is 0 Å². The Bertz CT molecular complexity index is 540. The van der Waals surface area contributed by atoms with Crippen molar-refractivity contribution in [2.45, 2.75) is 25.3 Å². The number of nitrogens with zero attached hydrogens (tertiary/aromatic N) is 1. The second-order valence-corrected chi connectivity index (χ2v) is 4.69. The minimum absolute atomic E-state index is 0.682. The molecule has 0 amide bonds. The molecule has 1 aromatic heterocycles. The van der Waals surface area contributed by atoms with E-state index in [1.54, 1.807) is 7.11 Å². The van der Waals surface area contributed by atoms with Gasteiger partial charge >= 0.3 is 0 Å². The van der Waals surface area contributed by atoms with Crippen molar-refractivity contribution in [3.8, 4) is 5.75 Å². The fourth-order valence-electron chi connectivity index (χ4n) is 2.53. The molecule has 0 saturated heterocycles. The predicted octanol–water partition coefficient (Wildman–Crippen LogP) is 2.49. The second-order valence-electron chi connectivity index (χ2n) is 4.69. The van der Waals surface area contributed by atoms with Crippen LogP contribution in [0, 0.1) is 0 Å². The zero-order valence-corrected chi connectivity index (χ0v) is 10.1. The van der Waals surface area contributed by atoms with Crippen molar-refractivity contribution in [3.63, 3.8) is 0 Å². The molecule has 2 aromatic rings. The molecule has 3 heteroatoms. The van der Waals surface area contributed by atoms with E-state index >= 15 is 0 Å². The van der Waals surface area contributed by atoms with Crippen molar-refractivity contribution in [1.82, 2.24) is 4.57 Å². The van der Waals surface area contributed by atoms with Crippen molar-refractivity contribution in [2.24, 2.45) is 5.73 Å². The van der Waals surface area contributed by atoms with Gasteiger partial charge in [-0.15, -0.1) is 0 Å². The van der Waals surface area contributed by atoms with Crippen molar-refractivity contribution < 1.29 is 4.74 Å². The predicted molar refractivity (Wildman–Crippen MR) is 69.5 cm³/mol. The topological polar surface area (TPSA) is 40.2 Å². The van der Waals surface area contributed by atoms with E-state index in [1.165, 1.54) is 29.3 Å². The zero-order valence-electron chi connectivity index (χ0n) is 10.1. The smallest absolute Gasteiger partial charge is 0.128 e. The molecule has 1 heterocycles. The van der Waals surface area contributed by atoms with Gasteiger partial charge in [0.1, 0.15) is 5.75 Å². The van der Waals surface area contributed by atoms with Gasteiger partial charge in [0.2, 0.25) is 0 Å². The van der Waals surface area contributed by atoms with Crippen LogP contribution < -0.4 is 10.5 Å². The second kappa shape index (κ2) is 4.08. The fraction of sp³-hybridized carbons (Fsp3) is 0.429. The molecule has 90 valence electrons. The van der Waals surface area contributed by atoms with E-state index in [9.17, 15) is 0 Å². The molecule has 1 aliphatic carbocycles. The number of nitrogens with two attached hydrogens (primary N) is 1. The summed E-state index contributed by atoms with van der Waals surface area (Å²) < 4.78 is 7.87. The van der Waals surface area contributed by atoms with Crippen LogP contribution in [0.3, 0.4) is 0 Å². The van der Waals surface area contributed by atoms with E-state index in [1.807, 2.05) is 6.07 Å². The molecule has 0 spiro atoms. The normalized spacial score (nSPS) is 15.4. The van der Waals surface area contributed by atoms with Gasteiger partial charge in [-0.05, 0) is 43.5 Å². The quantitative estimate of drug-likeness (QED) is 0.876. The molecule has 1 aromatic carbocycles. The summed E-state index contributed by atoms with van der Waals surface area (Å²) in [6.45, 7) is 0.682. The lowest BCUT2D eigenvalue weighted by molar-refractivity contribution is 0.419. The fourth-order valence-corrected chi connectivity index (χ4v) is 2.53. The highest BCUT2D eigenvalue weighted by molar-refractivity contribution is 5.90. The third-order valence-electron chi connectivity index (χ3n) is 3.47. The summed E-state index contributed by atoms with van der Waals surface area (Å²) in [6.07, 6.45) is 5.76. The van der Waals surface area contributed by atoms with Crippen LogP contribution in [-0.4, -0.2) is 18.2 Å². The Morgan fingerprint density at radius 1 is 1.41 bits per heavy atom. The highest BCUT2D eigenvalue weighted by Gasteiger charge is 2.26. The first kappa shape index (κ1) is 10.7. The number of benzene rings is 1. The molecule has 17 heavy (non-hydrogen) atoms. The maximum atomic E-state index is 5.69. The number of ether oxygens (including phenoxy) is 1. The maximum Gasteiger partial charge on any atom is 0.128 e. The van der Waals surface area contributed by atoms with Gasteiger partial charge in [0.05, 0.1) is 12.6 Å². The van der Waals surface area contributed by atoms with Gasteiger partial charge in [0.15, 0.2) is 0 Å². The summed E-state index contributed by atoms with van der Waals surface area (Å²) in [5.74, 6) is 0.963. The van der Waals surface area contributed by atoms with Crippen LogP contribution in [-0.2, 0) is 6.42 Å². The third kappa shape index (κ3) is 1.71. The molecule has 0 aliphatic heterocycles. The Hall–Kier alpha value is -1.48. The molecule has 1 aliphatic rings. The van der Waals surface area contributed by atoms with Gasteiger partial charge < -0.3 is 15.0 Å². The highest BCUT2D eigenvalue weighted by Crippen LogP contribution is 2.41. The summed E-state index contributed by atoms with van der Waals surface area (Å²) in [6, 6.07) is 6.96. The van der Waals surface area contributed by atoms with E-state index < -0.39 is 0 Å². The molecule has 2 N–H and O–H groups in total. The summed E-state index contributed by atoms with van der Waals surface area (Å²) in [5, 5.41) is 1.24. The van der Waals surface area contributed by atoms with Crippen molar-refractivity contribution in [2.75, 3.05) is 13.7 Å². The first-order valence-electron chi connectivity index (χ1n) is 6.21. The van der Waals surface area contributed by atoms with Crippen molar-refractivity contribution in [1.29, 1.82) is 0 Å². The maximum absolute atomic E-state index is 5.69. The SMILES string of the molecule is COc1cccc2c1c(CCN)cn2C1CC1. The number of methoxy groups -OCH3 is 1. The van der Waals surface area contributed by atoms with Gasteiger partial charge in [-0.1, -0.05) is 6.07 Å². The number of aromatic nitrogens is 1. The Morgan fingerprint density at radius 2 is 2.24 bits per heavy atom. The van der Waals surface area contributed by atoms with Crippen molar-refractivity contribution >= 4 is 10.9 Å². The molecule has 1 fully saturated rings. The van der Waals surface area contributed by atoms with Crippen LogP contribution in [0.25, 0.3) is 10.9 Å². The molecular weight excluding hydrogens is 212 g/mol. The number of fused-ring (bicyclic) bond motifs is 1. The molecule has 0 unspecified atom stereocenters. The summed E-state index contributed by atoms with van der Waals surface area (Å²) >= 11 is 0. The molecule has 0 bridgehead atoms. The van der Waals surface area contributed by atoms with Gasteiger partial charge in [-0.25, -0.2) is 0 Å². The van der Waals surface area contributed by atoms with E-state index in [-0.39, 0.29) is 0 Å². The van der Waals surface area contributed by atoms with Crippen LogP contribution >= 0.6 is 0 Å². The van der Waals surface area contributed by atoms with E-state index in [4.69, 9.17) is 10.5 Å². The minimum atomic E-state index is 0.682. The van der Waals surface area contributed by atoms with E-state index in [0.717, 1.165) is 12.2 Å². The Labute approximate surface area is 101 Å². The van der Waals surface area contributed by atoms with Crippen LogP contribution in [0.1, 0.15) is 24.4 Å². The summed E-state index contributed by atoms with van der Waals surface area (Å²) in [5.41, 5.74) is 8.29. The third-order valence-corrected chi connectivity index (χ3v) is 3.47. The van der Waals surface area contributed by atoms with Crippen LogP contribution in [0.15, 0.2) is 24.4 Å². The molecule has 3 rings (SSSR count). The number of rotatable bonds is 4. The first-order valence-corrected chi connectivity index (χ1v) is 6.21. The molecule has 1 saturated carbocycles. The van der Waals surface area contributed by atoms with Crippen LogP contribution in [0.4, 0.5) is 0 Å². The van der Waals surface area contributed by atoms with Crippen LogP contribution in [0.5, 0.6) is 5.75 Å². The van der Waals surface area contributed by atoms with Gasteiger partial charge in [0, 0.05) is 17.6 Å². The van der Waals surface area contributed by atoms with Gasteiger partial charge in [-0.2, -0.15) is 0 Å². The summed E-state index contributed by atoms with van der Waals surface area (Å²) in [7, 11) is 1.73. The number of hydrogen-bond acceptors (Lipinski definition) is 2. The average molecular weight is 230 g/mol. The molecule has 0 atom stereocenters. The lowest BCUT2D eigenvalue weighted by Crippen LogP contribution is -2.02. The Kier molecular flexibility index (Phi) is 2.56. The van der Waals surface area contributed by atoms with E-state index in [2.05, 4.69) is 22.9 Å².